The van der Waals surface area contributed by atoms with E-state index in [4.69, 9.17) is 0 Å². The van der Waals surface area contributed by atoms with Crippen molar-refractivity contribution in [2.45, 2.75) is 0 Å². The van der Waals surface area contributed by atoms with Crippen molar-refractivity contribution >= 4 is 23.3 Å². The normalized spacial score (nSPS) is 12.3. The zero-order valence-corrected chi connectivity index (χ0v) is 8.07. The number of hydrogen-bond donors (Lipinski definition) is 1. The van der Waals surface area contributed by atoms with Crippen LogP contribution in [0.4, 0.5) is 17.1 Å². The Morgan fingerprint density at radius 3 is 2.53 bits per heavy atom. The lowest BCUT2D eigenvalue weighted by molar-refractivity contribution is 1.51. The quantitative estimate of drug-likeness (QED) is 0.581. The van der Waals surface area contributed by atoms with E-state index >= 15 is 0 Å². The molecular formula is C13H9N2. The molecule has 2 nitrogen and oxygen atoms in total. The van der Waals surface area contributed by atoms with Gasteiger partial charge in [0.1, 0.15) is 0 Å². The van der Waals surface area contributed by atoms with Gasteiger partial charge in [0.25, 0.3) is 0 Å². The van der Waals surface area contributed by atoms with E-state index in [9.17, 15) is 0 Å². The molecule has 15 heavy (non-hydrogen) atoms. The molecule has 0 saturated carbocycles. The molecule has 3 rings (SSSR count). The van der Waals surface area contributed by atoms with E-state index in [0.717, 1.165) is 22.6 Å². The molecule has 0 unspecified atom stereocenters. The van der Waals surface area contributed by atoms with E-state index in [0.29, 0.717) is 0 Å². The Morgan fingerprint density at radius 1 is 0.867 bits per heavy atom. The largest absolute Gasteiger partial charge is 0.353 e. The Labute approximate surface area is 88.3 Å². The molecule has 71 valence electrons. The van der Waals surface area contributed by atoms with E-state index in [1.807, 2.05) is 48.5 Å². The third-order valence-electron chi connectivity index (χ3n) is 2.40. The van der Waals surface area contributed by atoms with Crippen LogP contribution in [0.15, 0.2) is 53.5 Å². The number of hydrogen-bond acceptors (Lipinski definition) is 2. The van der Waals surface area contributed by atoms with Crippen LogP contribution >= 0.6 is 0 Å². The highest BCUT2D eigenvalue weighted by molar-refractivity contribution is 5.94. The van der Waals surface area contributed by atoms with Gasteiger partial charge >= 0.3 is 0 Å². The lowest BCUT2D eigenvalue weighted by Crippen LogP contribution is -1.91. The Hall–Kier alpha value is -2.09. The summed E-state index contributed by atoms with van der Waals surface area (Å²) in [6.07, 6.45) is 3.04. The minimum Gasteiger partial charge on any atom is -0.353 e. The van der Waals surface area contributed by atoms with E-state index in [2.05, 4.69) is 16.5 Å². The highest BCUT2D eigenvalue weighted by Gasteiger charge is 2.07. The minimum atomic E-state index is 0.925. The number of nitrogens with one attached hydrogen (secondary N) is 1. The molecule has 0 spiro atoms. The highest BCUT2D eigenvalue weighted by atomic mass is 14.9. The molecule has 0 aliphatic carbocycles. The number of para-hydroxylation sites is 3. The maximum absolute atomic E-state index is 4.32. The predicted molar refractivity (Wildman–Crippen MR) is 62.4 cm³/mol. The summed E-state index contributed by atoms with van der Waals surface area (Å²) in [6.45, 7) is 0. The summed E-state index contributed by atoms with van der Waals surface area (Å²) in [5.41, 5.74) is 3.99. The van der Waals surface area contributed by atoms with Crippen molar-refractivity contribution in [1.82, 2.24) is 0 Å². The van der Waals surface area contributed by atoms with Crippen LogP contribution in [0.5, 0.6) is 0 Å². The van der Waals surface area contributed by atoms with Crippen LogP contribution in [0.2, 0.25) is 0 Å². The maximum atomic E-state index is 4.32. The lowest BCUT2D eigenvalue weighted by Gasteiger charge is -2.07. The lowest BCUT2D eigenvalue weighted by atomic mass is 10.2. The van der Waals surface area contributed by atoms with Gasteiger partial charge in [-0.15, -0.1) is 0 Å². The summed E-state index contributed by atoms with van der Waals surface area (Å²) >= 11 is 0. The molecule has 0 atom stereocenters. The monoisotopic (exact) mass is 193 g/mol. The molecule has 2 aromatic carbocycles. The molecule has 1 aliphatic rings. The number of aliphatic imine (C=N–C) groups is 1. The fraction of sp³-hybridized carbons (Fsp3) is 0. The summed E-state index contributed by atoms with van der Waals surface area (Å²) in [7, 11) is 0. The minimum absolute atomic E-state index is 0.925. The molecule has 2 heteroatoms. The van der Waals surface area contributed by atoms with Gasteiger partial charge in [-0.3, -0.25) is 0 Å². The Morgan fingerprint density at radius 2 is 1.60 bits per heavy atom. The van der Waals surface area contributed by atoms with Gasteiger partial charge in [0.2, 0.25) is 0 Å². The summed E-state index contributed by atoms with van der Waals surface area (Å²) in [4.78, 5) is 4.32. The first-order valence-corrected chi connectivity index (χ1v) is 4.85. The molecule has 1 aliphatic heterocycles. The van der Waals surface area contributed by atoms with Gasteiger partial charge in [0.05, 0.1) is 17.6 Å². The van der Waals surface area contributed by atoms with Crippen molar-refractivity contribution in [2.75, 3.05) is 5.32 Å². The fourth-order valence-corrected chi connectivity index (χ4v) is 1.63. The molecule has 2 aromatic rings. The van der Waals surface area contributed by atoms with Gasteiger partial charge in [-0.1, -0.05) is 30.3 Å². The van der Waals surface area contributed by atoms with Gasteiger partial charge < -0.3 is 5.32 Å². The Kier molecular flexibility index (Phi) is 1.78. The second-order valence-corrected chi connectivity index (χ2v) is 3.41. The molecule has 1 heterocycles. The zero-order chi connectivity index (χ0) is 10.1. The predicted octanol–water partition coefficient (Wildman–Crippen LogP) is 3.37. The second-order valence-electron chi connectivity index (χ2n) is 3.41. The average Bonchev–Trinajstić information content (AvgIpc) is 2.48. The molecule has 1 radical (unpaired) electrons. The van der Waals surface area contributed by atoms with Crippen LogP contribution in [0.3, 0.4) is 0 Å². The van der Waals surface area contributed by atoms with Gasteiger partial charge in [-0.25, -0.2) is 4.99 Å². The number of fused-ring (bicyclic) bond motifs is 2. The second kappa shape index (κ2) is 3.24. The van der Waals surface area contributed by atoms with Crippen LogP contribution in [-0.4, -0.2) is 6.21 Å². The van der Waals surface area contributed by atoms with Gasteiger partial charge in [0.15, 0.2) is 0 Å². The number of rotatable bonds is 0. The molecule has 0 bridgehead atoms. The summed E-state index contributed by atoms with van der Waals surface area (Å²) < 4.78 is 0. The van der Waals surface area contributed by atoms with Gasteiger partial charge in [-0.2, -0.15) is 0 Å². The van der Waals surface area contributed by atoms with Gasteiger partial charge in [0, 0.05) is 11.3 Å². The molecule has 0 fully saturated rings. The number of nitrogens with zero attached hydrogens (tertiary/aromatic N) is 1. The Balaban J connectivity index is 2.19. The number of benzene rings is 2. The highest BCUT2D eigenvalue weighted by Crippen LogP contribution is 2.31. The summed E-state index contributed by atoms with van der Waals surface area (Å²) in [6, 6.07) is 16.0. The van der Waals surface area contributed by atoms with Crippen molar-refractivity contribution < 1.29 is 0 Å². The van der Waals surface area contributed by atoms with E-state index in [1.165, 1.54) is 0 Å². The number of anilines is 2. The Bertz CT molecular complexity index is 482. The topological polar surface area (TPSA) is 24.4 Å². The maximum Gasteiger partial charge on any atom is 0.0994 e. The van der Waals surface area contributed by atoms with Crippen molar-refractivity contribution in [3.8, 4) is 0 Å². The fourth-order valence-electron chi connectivity index (χ4n) is 1.63. The van der Waals surface area contributed by atoms with Gasteiger partial charge in [-0.05, 0) is 18.2 Å². The third-order valence-corrected chi connectivity index (χ3v) is 2.40. The summed E-state index contributed by atoms with van der Waals surface area (Å²) in [5.74, 6) is 0. The van der Waals surface area contributed by atoms with Crippen LogP contribution in [0.25, 0.3) is 0 Å². The third kappa shape index (κ3) is 1.40. The molecule has 0 amide bonds. The van der Waals surface area contributed by atoms with Crippen molar-refractivity contribution in [2.24, 2.45) is 4.99 Å². The first-order valence-electron chi connectivity index (χ1n) is 4.85. The zero-order valence-electron chi connectivity index (χ0n) is 8.07. The summed E-state index contributed by atoms with van der Waals surface area (Å²) in [5, 5.41) is 3.35. The van der Waals surface area contributed by atoms with Crippen LogP contribution < -0.4 is 5.32 Å². The SMILES string of the molecule is [C]1=Nc2ccccc2Nc2ccccc21. The van der Waals surface area contributed by atoms with Crippen LogP contribution in [0.1, 0.15) is 5.56 Å². The van der Waals surface area contributed by atoms with E-state index in [-0.39, 0.29) is 0 Å². The standard InChI is InChI=1S/C13H9N2/c1-2-6-11-10(5-1)9-14-12-7-3-4-8-13(12)15-11/h1-8,15H. The van der Waals surface area contributed by atoms with Crippen LogP contribution in [-0.2, 0) is 0 Å². The molecule has 1 N–H and O–H groups in total. The van der Waals surface area contributed by atoms with Crippen LogP contribution in [0, 0.1) is 0 Å². The first-order chi connectivity index (χ1) is 7.43. The smallest absolute Gasteiger partial charge is 0.0994 e. The molecular weight excluding hydrogens is 184 g/mol. The van der Waals surface area contributed by atoms with E-state index < -0.39 is 0 Å². The molecule has 0 saturated heterocycles. The average molecular weight is 193 g/mol. The van der Waals surface area contributed by atoms with Crippen molar-refractivity contribution in [1.29, 1.82) is 0 Å². The van der Waals surface area contributed by atoms with E-state index in [1.54, 1.807) is 0 Å². The first kappa shape index (κ1) is 8.24. The van der Waals surface area contributed by atoms with Crippen molar-refractivity contribution in [3.05, 3.63) is 54.1 Å². The molecule has 0 aromatic heterocycles. The van der Waals surface area contributed by atoms with Crippen molar-refractivity contribution in [3.63, 3.8) is 0 Å².